The number of sulfone groups is 1. The van der Waals surface area contributed by atoms with Gasteiger partial charge in [0.15, 0.2) is 9.84 Å². The molecule has 3 aromatic heterocycles. The molecule has 4 rings (SSSR count). The summed E-state index contributed by atoms with van der Waals surface area (Å²) in [5.41, 5.74) is 2.33. The third-order valence-electron chi connectivity index (χ3n) is 4.63. The SMILES string of the molecule is CCOC(=O)c1c(NC(=O)c2nc3nc(C)cc(C)n3n2)sc2c1CCS(=O)(=O)C2. The Bertz CT molecular complexity index is 1290. The van der Waals surface area contributed by atoms with Gasteiger partial charge in [-0.15, -0.1) is 16.4 Å². The first-order valence-corrected chi connectivity index (χ1v) is 11.9. The molecular weight excluding hydrogens is 430 g/mol. The van der Waals surface area contributed by atoms with Crippen LogP contribution in [0.25, 0.3) is 5.78 Å². The molecule has 3 aromatic rings. The summed E-state index contributed by atoms with van der Waals surface area (Å²) in [5.74, 6) is -1.24. The zero-order valence-corrected chi connectivity index (χ0v) is 18.2. The highest BCUT2D eigenvalue weighted by molar-refractivity contribution is 7.90. The molecule has 1 amide bonds. The number of hydrogen-bond acceptors (Lipinski definition) is 9. The van der Waals surface area contributed by atoms with E-state index in [1.54, 1.807) is 6.92 Å². The molecule has 0 aromatic carbocycles. The second-order valence-electron chi connectivity index (χ2n) is 6.91. The first kappa shape index (κ1) is 20.4. The van der Waals surface area contributed by atoms with Crippen molar-refractivity contribution in [1.29, 1.82) is 0 Å². The maximum atomic E-state index is 12.8. The number of fused-ring (bicyclic) bond motifs is 2. The van der Waals surface area contributed by atoms with Crippen LogP contribution in [-0.2, 0) is 26.7 Å². The Morgan fingerprint density at radius 2 is 2.07 bits per heavy atom. The zero-order valence-electron chi connectivity index (χ0n) is 16.6. The van der Waals surface area contributed by atoms with Gasteiger partial charge in [-0.25, -0.2) is 22.7 Å². The van der Waals surface area contributed by atoms with Crippen LogP contribution in [0.4, 0.5) is 5.00 Å². The molecule has 0 spiro atoms. The van der Waals surface area contributed by atoms with E-state index in [0.717, 1.165) is 22.7 Å². The van der Waals surface area contributed by atoms with E-state index < -0.39 is 21.7 Å². The smallest absolute Gasteiger partial charge is 0.341 e. The van der Waals surface area contributed by atoms with Gasteiger partial charge in [0, 0.05) is 16.3 Å². The lowest BCUT2D eigenvalue weighted by atomic mass is 10.1. The Hall–Kier alpha value is -2.86. The van der Waals surface area contributed by atoms with Gasteiger partial charge in [0.1, 0.15) is 5.00 Å². The van der Waals surface area contributed by atoms with Crippen LogP contribution in [0.1, 0.15) is 49.7 Å². The highest BCUT2D eigenvalue weighted by Gasteiger charge is 2.32. The molecule has 0 radical (unpaired) electrons. The number of nitrogens with one attached hydrogen (secondary N) is 1. The third kappa shape index (κ3) is 3.67. The van der Waals surface area contributed by atoms with Crippen molar-refractivity contribution in [1.82, 2.24) is 19.6 Å². The summed E-state index contributed by atoms with van der Waals surface area (Å²) in [6.07, 6.45) is 0.202. The van der Waals surface area contributed by atoms with E-state index >= 15 is 0 Å². The Balaban J connectivity index is 1.72. The van der Waals surface area contributed by atoms with Crippen LogP contribution < -0.4 is 5.32 Å². The van der Waals surface area contributed by atoms with Crippen LogP contribution >= 0.6 is 11.3 Å². The summed E-state index contributed by atoms with van der Waals surface area (Å²) in [6, 6.07) is 1.82. The van der Waals surface area contributed by atoms with Crippen molar-refractivity contribution in [2.45, 2.75) is 32.9 Å². The number of esters is 1. The summed E-state index contributed by atoms with van der Waals surface area (Å²) in [7, 11) is -3.24. The monoisotopic (exact) mass is 449 g/mol. The molecule has 0 saturated heterocycles. The Labute approximate surface area is 176 Å². The molecule has 1 aliphatic heterocycles. The van der Waals surface area contributed by atoms with Gasteiger partial charge in [0.2, 0.25) is 5.82 Å². The summed E-state index contributed by atoms with van der Waals surface area (Å²) < 4.78 is 30.6. The van der Waals surface area contributed by atoms with E-state index in [4.69, 9.17) is 4.74 Å². The second kappa shape index (κ2) is 7.43. The number of thiophene rings is 1. The van der Waals surface area contributed by atoms with Crippen LogP contribution in [-0.4, -0.2) is 52.2 Å². The second-order valence-corrected chi connectivity index (χ2v) is 10.2. The predicted molar refractivity (Wildman–Crippen MR) is 110 cm³/mol. The van der Waals surface area contributed by atoms with Crippen molar-refractivity contribution in [2.24, 2.45) is 0 Å². The molecule has 0 unspecified atom stereocenters. The highest BCUT2D eigenvalue weighted by atomic mass is 32.2. The Morgan fingerprint density at radius 3 is 2.80 bits per heavy atom. The maximum absolute atomic E-state index is 12.8. The minimum absolute atomic E-state index is 0.0468. The molecule has 4 heterocycles. The highest BCUT2D eigenvalue weighted by Crippen LogP contribution is 2.38. The summed E-state index contributed by atoms with van der Waals surface area (Å²) in [5, 5.41) is 7.09. The number of amides is 1. The summed E-state index contributed by atoms with van der Waals surface area (Å²) in [4.78, 5) is 34.3. The van der Waals surface area contributed by atoms with Crippen LogP contribution in [0.3, 0.4) is 0 Å². The third-order valence-corrected chi connectivity index (χ3v) is 7.52. The van der Waals surface area contributed by atoms with Crippen LogP contribution in [0, 0.1) is 13.8 Å². The molecule has 0 atom stereocenters. The number of carbonyl (C=O) groups excluding carboxylic acids is 2. The molecule has 0 aliphatic carbocycles. The standard InChI is InChI=1S/C18H19N5O5S2/c1-4-28-17(25)13-11-5-6-30(26,27)8-12(11)29-16(13)21-15(24)14-20-18-19-9(2)7-10(3)23(18)22-14/h7H,4-6,8H2,1-3H3,(H,21,24). The molecule has 10 nitrogen and oxygen atoms in total. The number of anilines is 1. The quantitative estimate of drug-likeness (QED) is 0.595. The lowest BCUT2D eigenvalue weighted by Crippen LogP contribution is -2.20. The largest absolute Gasteiger partial charge is 0.462 e. The number of ether oxygens (including phenoxy) is 1. The average Bonchev–Trinajstić information content (AvgIpc) is 3.22. The maximum Gasteiger partial charge on any atom is 0.341 e. The fourth-order valence-electron chi connectivity index (χ4n) is 3.35. The van der Waals surface area contributed by atoms with Crippen molar-refractivity contribution in [2.75, 3.05) is 17.7 Å². The first-order chi connectivity index (χ1) is 14.2. The average molecular weight is 450 g/mol. The van der Waals surface area contributed by atoms with Crippen molar-refractivity contribution >= 4 is 43.8 Å². The van der Waals surface area contributed by atoms with E-state index in [9.17, 15) is 18.0 Å². The number of carbonyl (C=O) groups is 2. The Morgan fingerprint density at radius 1 is 1.30 bits per heavy atom. The van der Waals surface area contributed by atoms with Gasteiger partial charge in [-0.2, -0.15) is 4.98 Å². The molecule has 1 N–H and O–H groups in total. The van der Waals surface area contributed by atoms with Gasteiger partial charge in [0.25, 0.3) is 11.7 Å². The lowest BCUT2D eigenvalue weighted by molar-refractivity contribution is 0.0527. The topological polar surface area (TPSA) is 133 Å². The van der Waals surface area contributed by atoms with E-state index in [1.165, 1.54) is 4.52 Å². The van der Waals surface area contributed by atoms with Gasteiger partial charge in [-0.3, -0.25) is 4.79 Å². The van der Waals surface area contributed by atoms with Gasteiger partial charge in [-0.1, -0.05) is 0 Å². The first-order valence-electron chi connectivity index (χ1n) is 9.23. The van der Waals surface area contributed by atoms with E-state index in [1.807, 2.05) is 19.9 Å². The summed E-state index contributed by atoms with van der Waals surface area (Å²) in [6.45, 7) is 5.48. The van der Waals surface area contributed by atoms with Crippen molar-refractivity contribution in [3.8, 4) is 0 Å². The van der Waals surface area contributed by atoms with Crippen molar-refractivity contribution < 1.29 is 22.7 Å². The molecular formula is C18H19N5O5S2. The number of nitrogens with zero attached hydrogens (tertiary/aromatic N) is 4. The van der Waals surface area contributed by atoms with Crippen LogP contribution in [0.5, 0.6) is 0 Å². The minimum Gasteiger partial charge on any atom is -0.462 e. The fraction of sp³-hybridized carbons (Fsp3) is 0.389. The summed E-state index contributed by atoms with van der Waals surface area (Å²) >= 11 is 1.06. The number of aromatic nitrogens is 4. The Kier molecular flexibility index (Phi) is 5.06. The van der Waals surface area contributed by atoms with Gasteiger partial charge < -0.3 is 10.1 Å². The predicted octanol–water partition coefficient (Wildman–Crippen LogP) is 1.70. The number of hydrogen-bond donors (Lipinski definition) is 1. The molecule has 0 saturated carbocycles. The number of rotatable bonds is 4. The van der Waals surface area contributed by atoms with Crippen molar-refractivity contribution in [3.63, 3.8) is 0 Å². The molecule has 30 heavy (non-hydrogen) atoms. The molecule has 0 fully saturated rings. The van der Waals surface area contributed by atoms with Crippen LogP contribution in [0.15, 0.2) is 6.07 Å². The molecule has 12 heteroatoms. The van der Waals surface area contributed by atoms with Crippen LogP contribution in [0.2, 0.25) is 0 Å². The van der Waals surface area contributed by atoms with E-state index in [2.05, 4.69) is 20.4 Å². The normalized spacial score (nSPS) is 15.0. The van der Waals surface area contributed by atoms with Crippen molar-refractivity contribution in [3.05, 3.63) is 39.3 Å². The lowest BCUT2D eigenvalue weighted by Gasteiger charge is -2.13. The van der Waals surface area contributed by atoms with Gasteiger partial charge in [0.05, 0.1) is 23.7 Å². The van der Waals surface area contributed by atoms with E-state index in [0.29, 0.717) is 16.2 Å². The van der Waals surface area contributed by atoms with E-state index in [-0.39, 0.29) is 40.9 Å². The fourth-order valence-corrected chi connectivity index (χ4v) is 6.39. The van der Waals surface area contributed by atoms with Gasteiger partial charge >= 0.3 is 5.97 Å². The zero-order chi connectivity index (χ0) is 21.6. The number of aryl methyl sites for hydroxylation is 2. The molecule has 158 valence electrons. The molecule has 0 bridgehead atoms. The van der Waals surface area contributed by atoms with Gasteiger partial charge in [-0.05, 0) is 38.8 Å². The minimum atomic E-state index is -3.24. The molecule has 1 aliphatic rings.